The van der Waals surface area contributed by atoms with E-state index in [9.17, 15) is 13.2 Å². The Morgan fingerprint density at radius 3 is 2.25 bits per heavy atom. The van der Waals surface area contributed by atoms with E-state index in [1.807, 2.05) is 32.0 Å². The molecular weight excluding hydrogens is 329 g/mol. The van der Waals surface area contributed by atoms with Crippen molar-refractivity contribution in [3.63, 3.8) is 0 Å². The molecule has 0 radical (unpaired) electrons. The van der Waals surface area contributed by atoms with Crippen LogP contribution in [0.3, 0.4) is 0 Å². The topological polar surface area (TPSA) is 0 Å². The Hall–Kier alpha value is -1.29. The molecule has 0 amide bonds. The fourth-order valence-corrected chi connectivity index (χ4v) is 3.07. The van der Waals surface area contributed by atoms with Crippen molar-refractivity contribution in [3.05, 3.63) is 70.3 Å². The quantitative estimate of drug-likeness (QED) is 0.604. The standard InChI is InChI=1S/C16H14BrF3/c1-10-7-8-11(2)13(9-10)15(17)12-5-3-4-6-14(12)16(18,19)20/h3-9,15H,1-2H3. The Morgan fingerprint density at radius 1 is 0.950 bits per heavy atom. The maximum atomic E-state index is 13.1. The molecule has 0 N–H and O–H groups in total. The molecule has 0 fully saturated rings. The highest BCUT2D eigenvalue weighted by atomic mass is 79.9. The molecule has 0 heterocycles. The van der Waals surface area contributed by atoms with Gasteiger partial charge in [-0.05, 0) is 36.6 Å². The third-order valence-corrected chi connectivity index (χ3v) is 4.23. The van der Waals surface area contributed by atoms with Gasteiger partial charge in [0.15, 0.2) is 0 Å². The molecular formula is C16H14BrF3. The van der Waals surface area contributed by atoms with Crippen molar-refractivity contribution in [1.29, 1.82) is 0 Å². The van der Waals surface area contributed by atoms with Crippen LogP contribution in [0.5, 0.6) is 0 Å². The number of halogens is 4. The summed E-state index contributed by atoms with van der Waals surface area (Å²) in [6.45, 7) is 3.83. The van der Waals surface area contributed by atoms with Crippen LogP contribution in [0.15, 0.2) is 42.5 Å². The van der Waals surface area contributed by atoms with Gasteiger partial charge in [0.25, 0.3) is 0 Å². The number of benzene rings is 2. The van der Waals surface area contributed by atoms with Crippen LogP contribution in [0.4, 0.5) is 13.2 Å². The van der Waals surface area contributed by atoms with Gasteiger partial charge in [-0.2, -0.15) is 13.2 Å². The van der Waals surface area contributed by atoms with E-state index in [1.165, 1.54) is 12.1 Å². The molecule has 0 aliphatic heterocycles. The van der Waals surface area contributed by atoms with Crippen LogP contribution < -0.4 is 0 Å². The minimum Gasteiger partial charge on any atom is -0.166 e. The summed E-state index contributed by atoms with van der Waals surface area (Å²) < 4.78 is 39.3. The van der Waals surface area contributed by atoms with Crippen LogP contribution in [0.1, 0.15) is 32.6 Å². The van der Waals surface area contributed by atoms with E-state index in [0.717, 1.165) is 22.8 Å². The molecule has 0 spiro atoms. The van der Waals surface area contributed by atoms with Crippen molar-refractivity contribution in [1.82, 2.24) is 0 Å². The highest BCUT2D eigenvalue weighted by Crippen LogP contribution is 2.41. The van der Waals surface area contributed by atoms with Gasteiger partial charge in [-0.15, -0.1) is 0 Å². The first-order chi connectivity index (χ1) is 9.30. The molecule has 0 nitrogen and oxygen atoms in total. The van der Waals surface area contributed by atoms with Crippen molar-refractivity contribution in [2.75, 3.05) is 0 Å². The molecule has 0 aliphatic rings. The van der Waals surface area contributed by atoms with Crippen LogP contribution in [0, 0.1) is 13.8 Å². The summed E-state index contributed by atoms with van der Waals surface area (Å²) in [6.07, 6.45) is -4.35. The minimum absolute atomic E-state index is 0.244. The second-order valence-electron chi connectivity index (χ2n) is 4.81. The van der Waals surface area contributed by atoms with Gasteiger partial charge in [-0.3, -0.25) is 0 Å². The molecule has 0 saturated heterocycles. The lowest BCUT2D eigenvalue weighted by molar-refractivity contribution is -0.138. The molecule has 1 atom stereocenters. The van der Waals surface area contributed by atoms with Crippen LogP contribution in [-0.2, 0) is 6.18 Å². The normalized spacial score (nSPS) is 13.3. The third-order valence-electron chi connectivity index (χ3n) is 3.25. The van der Waals surface area contributed by atoms with Crippen molar-refractivity contribution >= 4 is 15.9 Å². The van der Waals surface area contributed by atoms with Gasteiger partial charge in [-0.1, -0.05) is 57.9 Å². The Bertz CT molecular complexity index is 617. The molecule has 20 heavy (non-hydrogen) atoms. The van der Waals surface area contributed by atoms with Crippen molar-refractivity contribution in [2.24, 2.45) is 0 Å². The highest BCUT2D eigenvalue weighted by molar-refractivity contribution is 9.09. The van der Waals surface area contributed by atoms with E-state index in [4.69, 9.17) is 0 Å². The number of hydrogen-bond acceptors (Lipinski definition) is 0. The lowest BCUT2D eigenvalue weighted by Gasteiger charge is -2.19. The van der Waals surface area contributed by atoms with Gasteiger partial charge in [0.05, 0.1) is 10.4 Å². The first kappa shape index (κ1) is 15.1. The molecule has 0 aliphatic carbocycles. The fraction of sp³-hybridized carbons (Fsp3) is 0.250. The minimum atomic E-state index is -4.35. The van der Waals surface area contributed by atoms with Gasteiger partial charge < -0.3 is 0 Å². The zero-order valence-corrected chi connectivity index (χ0v) is 12.7. The second-order valence-corrected chi connectivity index (χ2v) is 5.72. The van der Waals surface area contributed by atoms with Gasteiger partial charge in [0.2, 0.25) is 0 Å². The molecule has 0 aromatic heterocycles. The van der Waals surface area contributed by atoms with E-state index in [1.54, 1.807) is 6.07 Å². The Morgan fingerprint density at radius 2 is 1.60 bits per heavy atom. The smallest absolute Gasteiger partial charge is 0.166 e. The van der Waals surface area contributed by atoms with Crippen LogP contribution >= 0.6 is 15.9 Å². The number of aryl methyl sites for hydroxylation is 2. The average Bonchev–Trinajstić information content (AvgIpc) is 2.40. The Kier molecular flexibility index (Phi) is 4.23. The number of hydrogen-bond donors (Lipinski definition) is 0. The van der Waals surface area contributed by atoms with Crippen molar-refractivity contribution in [2.45, 2.75) is 24.9 Å². The fourth-order valence-electron chi connectivity index (χ4n) is 2.18. The molecule has 106 valence electrons. The summed E-state index contributed by atoms with van der Waals surface area (Å²) in [5.41, 5.74) is 2.51. The maximum absolute atomic E-state index is 13.1. The number of alkyl halides is 4. The van der Waals surface area contributed by atoms with E-state index in [0.29, 0.717) is 0 Å². The molecule has 4 heteroatoms. The van der Waals surface area contributed by atoms with E-state index in [-0.39, 0.29) is 5.56 Å². The lowest BCUT2D eigenvalue weighted by Crippen LogP contribution is -2.11. The molecule has 0 bridgehead atoms. The Labute approximate surface area is 124 Å². The SMILES string of the molecule is Cc1ccc(C)c(C(Br)c2ccccc2C(F)(F)F)c1. The molecule has 0 saturated carbocycles. The molecule has 2 rings (SSSR count). The summed E-state index contributed by atoms with van der Waals surface area (Å²) in [5, 5.41) is 0. The third kappa shape index (κ3) is 3.06. The van der Waals surface area contributed by atoms with Gasteiger partial charge in [0.1, 0.15) is 0 Å². The Balaban J connectivity index is 2.54. The number of rotatable bonds is 2. The summed E-state index contributed by atoms with van der Waals surface area (Å²) in [4.78, 5) is -0.472. The second kappa shape index (κ2) is 5.60. The average molecular weight is 343 g/mol. The molecule has 2 aromatic rings. The maximum Gasteiger partial charge on any atom is 0.416 e. The van der Waals surface area contributed by atoms with E-state index >= 15 is 0 Å². The molecule has 2 aromatic carbocycles. The summed E-state index contributed by atoms with van der Waals surface area (Å²) >= 11 is 3.42. The van der Waals surface area contributed by atoms with Gasteiger partial charge in [0, 0.05) is 0 Å². The first-order valence-corrected chi connectivity index (χ1v) is 7.09. The highest BCUT2D eigenvalue weighted by Gasteiger charge is 2.34. The van der Waals surface area contributed by atoms with Crippen LogP contribution in [-0.4, -0.2) is 0 Å². The first-order valence-electron chi connectivity index (χ1n) is 6.18. The van der Waals surface area contributed by atoms with Crippen LogP contribution in [0.2, 0.25) is 0 Å². The van der Waals surface area contributed by atoms with E-state index < -0.39 is 16.6 Å². The van der Waals surface area contributed by atoms with Crippen LogP contribution in [0.25, 0.3) is 0 Å². The zero-order chi connectivity index (χ0) is 14.9. The monoisotopic (exact) mass is 342 g/mol. The zero-order valence-electron chi connectivity index (χ0n) is 11.1. The summed E-state index contributed by atoms with van der Waals surface area (Å²) in [7, 11) is 0. The summed E-state index contributed by atoms with van der Waals surface area (Å²) in [5.74, 6) is 0. The molecule has 1 unspecified atom stereocenters. The summed E-state index contributed by atoms with van der Waals surface area (Å²) in [6, 6.07) is 11.5. The van der Waals surface area contributed by atoms with Gasteiger partial charge >= 0.3 is 6.18 Å². The lowest BCUT2D eigenvalue weighted by atomic mass is 9.95. The predicted octanol–water partition coefficient (Wildman–Crippen LogP) is 5.81. The predicted molar refractivity (Wildman–Crippen MR) is 78.1 cm³/mol. The van der Waals surface area contributed by atoms with Crippen molar-refractivity contribution in [3.8, 4) is 0 Å². The largest absolute Gasteiger partial charge is 0.416 e. The van der Waals surface area contributed by atoms with Crippen molar-refractivity contribution < 1.29 is 13.2 Å². The van der Waals surface area contributed by atoms with Gasteiger partial charge in [-0.25, -0.2) is 0 Å². The van der Waals surface area contributed by atoms with E-state index in [2.05, 4.69) is 15.9 Å².